The van der Waals surface area contributed by atoms with E-state index in [1.165, 1.54) is 19.1 Å². The third-order valence-electron chi connectivity index (χ3n) is 4.31. The summed E-state index contributed by atoms with van der Waals surface area (Å²) in [6.07, 6.45) is 1.58. The van der Waals surface area contributed by atoms with E-state index in [9.17, 15) is 13.2 Å². The monoisotopic (exact) mass is 393 g/mol. The Bertz CT molecular complexity index is 844. The van der Waals surface area contributed by atoms with Crippen molar-refractivity contribution < 1.29 is 22.4 Å². The van der Waals surface area contributed by atoms with Crippen molar-refractivity contribution in [2.45, 2.75) is 17.9 Å². The highest BCUT2D eigenvalue weighted by atomic mass is 32.2. The normalized spacial score (nSPS) is 16.8. The first-order valence-corrected chi connectivity index (χ1v) is 10.2. The first-order valence-electron chi connectivity index (χ1n) is 8.68. The Hall–Kier alpha value is -2.20. The van der Waals surface area contributed by atoms with Gasteiger partial charge in [-0.05, 0) is 36.4 Å². The van der Waals surface area contributed by atoms with Gasteiger partial charge in [-0.25, -0.2) is 13.1 Å². The third kappa shape index (κ3) is 5.16. The van der Waals surface area contributed by atoms with Crippen molar-refractivity contribution in [3.05, 3.63) is 48.4 Å². The van der Waals surface area contributed by atoms with Gasteiger partial charge in [-0.3, -0.25) is 9.69 Å². The Balaban J connectivity index is 1.70. The summed E-state index contributed by atoms with van der Waals surface area (Å²) in [5.41, 5.74) is 0.545. The van der Waals surface area contributed by atoms with Crippen molar-refractivity contribution in [2.75, 3.05) is 38.2 Å². The average molecular weight is 393 g/mol. The molecule has 27 heavy (non-hydrogen) atoms. The van der Waals surface area contributed by atoms with Gasteiger partial charge in [0.15, 0.2) is 0 Å². The molecule has 2 heterocycles. The molecular formula is C18H23N3O5S. The molecule has 9 heteroatoms. The van der Waals surface area contributed by atoms with Crippen molar-refractivity contribution >= 4 is 21.6 Å². The summed E-state index contributed by atoms with van der Waals surface area (Å²) in [6.45, 7) is 4.20. The molecule has 1 aliphatic heterocycles. The lowest BCUT2D eigenvalue weighted by Crippen LogP contribution is -2.43. The summed E-state index contributed by atoms with van der Waals surface area (Å²) in [4.78, 5) is 13.4. The molecule has 1 aliphatic rings. The summed E-state index contributed by atoms with van der Waals surface area (Å²) < 4.78 is 38.9. The van der Waals surface area contributed by atoms with Gasteiger partial charge in [0, 0.05) is 32.2 Å². The van der Waals surface area contributed by atoms with E-state index >= 15 is 0 Å². The minimum Gasteiger partial charge on any atom is -0.468 e. The van der Waals surface area contributed by atoms with Gasteiger partial charge >= 0.3 is 0 Å². The molecule has 1 saturated heterocycles. The lowest BCUT2D eigenvalue weighted by Gasteiger charge is -2.33. The van der Waals surface area contributed by atoms with Crippen molar-refractivity contribution in [3.63, 3.8) is 0 Å². The fourth-order valence-corrected chi connectivity index (χ4v) is 4.01. The van der Waals surface area contributed by atoms with Gasteiger partial charge in [-0.15, -0.1) is 0 Å². The van der Waals surface area contributed by atoms with Crippen molar-refractivity contribution in [3.8, 4) is 0 Å². The Morgan fingerprint density at radius 3 is 2.48 bits per heavy atom. The quantitative estimate of drug-likeness (QED) is 0.741. The fraction of sp³-hybridized carbons (Fsp3) is 0.389. The van der Waals surface area contributed by atoms with Crippen LogP contribution in [0.25, 0.3) is 0 Å². The Morgan fingerprint density at radius 1 is 1.19 bits per heavy atom. The minimum atomic E-state index is -3.69. The van der Waals surface area contributed by atoms with Crippen LogP contribution in [0.5, 0.6) is 0 Å². The SMILES string of the molecule is CC(=O)Nc1ccc(S(=O)(=O)NCC(c2ccco2)N2CCOCC2)cc1. The molecule has 1 fully saturated rings. The predicted molar refractivity (Wildman–Crippen MR) is 99.8 cm³/mol. The number of benzene rings is 1. The minimum absolute atomic E-state index is 0.136. The van der Waals surface area contributed by atoms with Crippen LogP contribution in [0.15, 0.2) is 52.0 Å². The van der Waals surface area contributed by atoms with E-state index in [-0.39, 0.29) is 23.4 Å². The molecule has 8 nitrogen and oxygen atoms in total. The topological polar surface area (TPSA) is 101 Å². The molecule has 1 unspecified atom stereocenters. The van der Waals surface area contributed by atoms with Crippen molar-refractivity contribution in [1.82, 2.24) is 9.62 Å². The van der Waals surface area contributed by atoms with E-state index in [4.69, 9.17) is 9.15 Å². The van der Waals surface area contributed by atoms with Crippen LogP contribution in [0.1, 0.15) is 18.7 Å². The Kier molecular flexibility index (Phi) is 6.27. The van der Waals surface area contributed by atoms with E-state index in [0.717, 1.165) is 0 Å². The lowest BCUT2D eigenvalue weighted by atomic mass is 10.2. The number of sulfonamides is 1. The van der Waals surface area contributed by atoms with E-state index < -0.39 is 10.0 Å². The molecule has 1 amide bonds. The summed E-state index contributed by atoms with van der Waals surface area (Å²) in [5, 5.41) is 2.61. The highest BCUT2D eigenvalue weighted by Crippen LogP contribution is 2.23. The molecule has 1 aromatic carbocycles. The number of nitrogens with zero attached hydrogens (tertiary/aromatic N) is 1. The number of hydrogen-bond donors (Lipinski definition) is 2. The molecule has 146 valence electrons. The number of nitrogens with one attached hydrogen (secondary N) is 2. The summed E-state index contributed by atoms with van der Waals surface area (Å²) in [5.74, 6) is 0.496. The van der Waals surface area contributed by atoms with Crippen LogP contribution in [-0.2, 0) is 19.6 Å². The van der Waals surface area contributed by atoms with Crippen LogP contribution in [0, 0.1) is 0 Å². The van der Waals surface area contributed by atoms with E-state index in [1.54, 1.807) is 24.5 Å². The second-order valence-corrected chi connectivity index (χ2v) is 8.00. The maximum absolute atomic E-state index is 12.7. The highest BCUT2D eigenvalue weighted by Gasteiger charge is 2.26. The van der Waals surface area contributed by atoms with Gasteiger partial charge in [-0.2, -0.15) is 0 Å². The zero-order valence-electron chi connectivity index (χ0n) is 15.1. The molecule has 0 saturated carbocycles. The number of ether oxygens (including phenoxy) is 1. The van der Waals surface area contributed by atoms with Crippen LogP contribution < -0.4 is 10.0 Å². The van der Waals surface area contributed by atoms with Crippen molar-refractivity contribution in [1.29, 1.82) is 0 Å². The highest BCUT2D eigenvalue weighted by molar-refractivity contribution is 7.89. The number of furan rings is 1. The lowest BCUT2D eigenvalue weighted by molar-refractivity contribution is -0.114. The first-order chi connectivity index (χ1) is 13.0. The number of anilines is 1. The summed E-state index contributed by atoms with van der Waals surface area (Å²) in [6, 6.07) is 9.46. The molecule has 1 aromatic heterocycles. The summed E-state index contributed by atoms with van der Waals surface area (Å²) >= 11 is 0. The van der Waals surface area contributed by atoms with E-state index in [0.29, 0.717) is 37.8 Å². The zero-order chi connectivity index (χ0) is 19.3. The zero-order valence-corrected chi connectivity index (χ0v) is 15.9. The molecule has 0 bridgehead atoms. The second-order valence-electron chi connectivity index (χ2n) is 6.24. The standard InChI is InChI=1S/C18H23N3O5S/c1-14(22)20-15-4-6-16(7-5-15)27(23,24)19-13-17(18-3-2-10-26-18)21-8-11-25-12-9-21/h2-7,10,17,19H,8-9,11-13H2,1H3,(H,20,22). The van der Waals surface area contributed by atoms with Crippen LogP contribution >= 0.6 is 0 Å². The number of rotatable bonds is 7. The van der Waals surface area contributed by atoms with Gasteiger partial charge in [0.1, 0.15) is 5.76 Å². The number of amides is 1. The number of morpholine rings is 1. The van der Waals surface area contributed by atoms with Gasteiger partial charge < -0.3 is 14.5 Å². The molecule has 0 aliphatic carbocycles. The largest absolute Gasteiger partial charge is 0.468 e. The maximum Gasteiger partial charge on any atom is 0.240 e. The predicted octanol–water partition coefficient (Wildman–Crippen LogP) is 1.59. The number of carbonyl (C=O) groups is 1. The van der Waals surface area contributed by atoms with Crippen LogP contribution in [0.3, 0.4) is 0 Å². The van der Waals surface area contributed by atoms with Crippen LogP contribution in [-0.4, -0.2) is 52.1 Å². The van der Waals surface area contributed by atoms with E-state index in [1.807, 2.05) is 6.07 Å². The molecule has 0 spiro atoms. The van der Waals surface area contributed by atoms with Gasteiger partial charge in [0.2, 0.25) is 15.9 Å². The molecule has 2 N–H and O–H groups in total. The third-order valence-corrected chi connectivity index (χ3v) is 5.75. The van der Waals surface area contributed by atoms with Gasteiger partial charge in [-0.1, -0.05) is 0 Å². The van der Waals surface area contributed by atoms with Gasteiger partial charge in [0.05, 0.1) is 30.4 Å². The number of hydrogen-bond acceptors (Lipinski definition) is 6. The first kappa shape index (κ1) is 19.6. The fourth-order valence-electron chi connectivity index (χ4n) is 2.97. The Morgan fingerprint density at radius 2 is 1.89 bits per heavy atom. The molecule has 2 aromatic rings. The van der Waals surface area contributed by atoms with Crippen molar-refractivity contribution in [2.24, 2.45) is 0 Å². The number of carbonyl (C=O) groups excluding carboxylic acids is 1. The van der Waals surface area contributed by atoms with Crippen LogP contribution in [0.4, 0.5) is 5.69 Å². The average Bonchev–Trinajstić information content (AvgIpc) is 3.17. The molecule has 1 atom stereocenters. The van der Waals surface area contributed by atoms with Crippen LogP contribution in [0.2, 0.25) is 0 Å². The second kappa shape index (κ2) is 8.66. The van der Waals surface area contributed by atoms with Gasteiger partial charge in [0.25, 0.3) is 0 Å². The maximum atomic E-state index is 12.7. The van der Waals surface area contributed by atoms with E-state index in [2.05, 4.69) is 14.9 Å². The molecule has 3 rings (SSSR count). The Labute approximate surface area is 158 Å². The smallest absolute Gasteiger partial charge is 0.240 e. The summed E-state index contributed by atoms with van der Waals surface area (Å²) in [7, 11) is -3.69. The molecular weight excluding hydrogens is 370 g/mol. The molecule has 0 radical (unpaired) electrons.